The molecule has 115 heavy (non-hydrogen) atoms. The molecule has 0 radical (unpaired) electrons. The fraction of sp³-hybridized carbons (Fsp3) is 0.576. The first-order chi connectivity index (χ1) is 54.6. The second-order valence-electron chi connectivity index (χ2n) is 30.1. The van der Waals surface area contributed by atoms with Gasteiger partial charge in [-0.05, 0) is 116 Å². The maximum absolute atomic E-state index is 13.8. The smallest absolute Gasteiger partial charge is 0.325 e. The average molecular weight is 1610 g/mol. The maximum Gasteiger partial charge on any atom is 0.325 e. The Kier molecular flexibility index (Phi) is 40.2. The zero-order valence-corrected chi connectivity index (χ0v) is 72.5. The van der Waals surface area contributed by atoms with Gasteiger partial charge in [-0.2, -0.15) is 15.3 Å². The minimum atomic E-state index is -0.535. The first-order valence-corrected chi connectivity index (χ1v) is 39.3. The standard InChI is InChI=1S/C29H44N4O6.2C28H42N4O6/c1-9-20(10-2)18-33-23(28-24(37-6)12-11-13-25(28)38-7)16-22(31-33)29(36)32(5)21(14-19(3)4)15-26(34)30-17-27(35)39-8;1-17(2)13-20(14-25(33)29-16-26(34)38-9)31(6)28(35)21-15-22(32(30-21)19(5)18(3)4)27-23(36-7)11-10-12-24(27)37-8;1-9-19(4)17-32-22(27-23(36-6)11-10-12-24(27)37-7)15-21(30-32)28(35)31(5)20(13-18(2)3)14-25(33)29-16-26(34)38-8/h11-13,16,19-21H,9-10,14-15,17-18H2,1-8H3,(H,30,34);10-12,15,17-20H,13-14,16H2,1-9H3,(H,29,33);10-12,15,18-20H,9,13-14,16-17H2,1-8H3,(H,29,33)/t21-;2*19?,20-/m000/s1. The summed E-state index contributed by atoms with van der Waals surface area (Å²) in [5.41, 5.74) is 5.09. The van der Waals surface area contributed by atoms with Crippen molar-refractivity contribution >= 4 is 53.4 Å². The first-order valence-electron chi connectivity index (χ1n) is 39.3. The summed E-state index contributed by atoms with van der Waals surface area (Å²) in [5, 5.41) is 21.9. The molecule has 6 aromatic rings. The highest BCUT2D eigenvalue weighted by molar-refractivity contribution is 5.97. The van der Waals surface area contributed by atoms with Crippen LogP contribution in [-0.2, 0) is 56.1 Å². The van der Waals surface area contributed by atoms with Crippen LogP contribution in [0.25, 0.3) is 33.8 Å². The van der Waals surface area contributed by atoms with Crippen LogP contribution in [-0.4, -0.2) is 220 Å². The third-order valence-corrected chi connectivity index (χ3v) is 20.2. The molecule has 0 fully saturated rings. The van der Waals surface area contributed by atoms with Gasteiger partial charge in [0.1, 0.15) is 54.1 Å². The maximum atomic E-state index is 13.8. The summed E-state index contributed by atoms with van der Waals surface area (Å²) in [6, 6.07) is 20.7. The van der Waals surface area contributed by atoms with Gasteiger partial charge >= 0.3 is 17.9 Å². The van der Waals surface area contributed by atoms with E-state index in [1.807, 2.05) is 117 Å². The van der Waals surface area contributed by atoms with Crippen LogP contribution in [0.1, 0.15) is 185 Å². The Labute approximate surface area is 679 Å². The lowest BCUT2D eigenvalue weighted by Gasteiger charge is -2.28. The third kappa shape index (κ3) is 28.1. The van der Waals surface area contributed by atoms with Gasteiger partial charge in [-0.15, -0.1) is 0 Å². The summed E-state index contributed by atoms with van der Waals surface area (Å²) in [5.74, 6) is 1.82. The molecule has 0 aliphatic carbocycles. The molecule has 6 rings (SSSR count). The van der Waals surface area contributed by atoms with Gasteiger partial charge in [-0.3, -0.25) is 57.2 Å². The molecule has 0 bridgehead atoms. The van der Waals surface area contributed by atoms with Crippen molar-refractivity contribution in [3.8, 4) is 68.3 Å². The lowest BCUT2D eigenvalue weighted by molar-refractivity contribution is -0.141. The van der Waals surface area contributed by atoms with Gasteiger partial charge in [0, 0.05) is 71.6 Å². The van der Waals surface area contributed by atoms with Crippen LogP contribution in [0, 0.1) is 35.5 Å². The second kappa shape index (κ2) is 47.9. The predicted molar refractivity (Wildman–Crippen MR) is 440 cm³/mol. The zero-order valence-electron chi connectivity index (χ0n) is 72.5. The fourth-order valence-corrected chi connectivity index (χ4v) is 12.9. The largest absolute Gasteiger partial charge is 0.496 e. The van der Waals surface area contributed by atoms with E-state index in [0.29, 0.717) is 95.6 Å². The van der Waals surface area contributed by atoms with Crippen LogP contribution in [0.2, 0.25) is 0 Å². The van der Waals surface area contributed by atoms with E-state index in [-0.39, 0.29) is 133 Å². The molecule has 3 N–H and O–H groups in total. The number of nitrogens with zero attached hydrogens (tertiary/aromatic N) is 9. The Morgan fingerprint density at radius 3 is 0.930 bits per heavy atom. The summed E-state index contributed by atoms with van der Waals surface area (Å²) in [6.07, 6.45) is 4.86. The zero-order chi connectivity index (χ0) is 86.1. The van der Waals surface area contributed by atoms with Crippen LogP contribution in [0.4, 0.5) is 0 Å². The molecule has 5 atom stereocenters. The summed E-state index contributed by atoms with van der Waals surface area (Å²) in [4.78, 5) is 118. The summed E-state index contributed by atoms with van der Waals surface area (Å²) < 4.78 is 53.1. The van der Waals surface area contributed by atoms with Crippen LogP contribution in [0.15, 0.2) is 72.8 Å². The number of hydrogen-bond donors (Lipinski definition) is 3. The van der Waals surface area contributed by atoms with Crippen LogP contribution in [0.3, 0.4) is 0 Å². The Balaban J connectivity index is 0.000000363. The molecular weight excluding hydrogens is 1480 g/mol. The van der Waals surface area contributed by atoms with Crippen molar-refractivity contribution in [3.63, 3.8) is 0 Å². The number of amides is 6. The number of aromatic nitrogens is 6. The number of rotatable bonds is 42. The van der Waals surface area contributed by atoms with Gasteiger partial charge in [0.2, 0.25) is 17.7 Å². The SMILES string of the molecule is CCC(C)Cn1nc(C(=O)N(C)[C@H](CC(=O)NCC(=O)OC)CC(C)C)cc1-c1c(OC)cccc1OC.CCC(CC)Cn1nc(C(=O)N(C)[C@H](CC(=O)NCC(=O)OC)CC(C)C)cc1-c1c(OC)cccc1OC.COC(=O)CNC(=O)C[C@H](CC(C)C)N(C)C(=O)c1cc(-c2c(OC)cccc2OC)n(C(C)C(C)C)n1. The summed E-state index contributed by atoms with van der Waals surface area (Å²) in [6.45, 7) is 27.5. The van der Waals surface area contributed by atoms with Crippen molar-refractivity contribution in [2.45, 2.75) is 185 Å². The number of benzene rings is 3. The normalized spacial score (nSPS) is 12.4. The monoisotopic (exact) mass is 1600 g/mol. The van der Waals surface area contributed by atoms with Crippen LogP contribution >= 0.6 is 0 Å². The van der Waals surface area contributed by atoms with Crippen molar-refractivity contribution in [3.05, 3.63) is 89.9 Å². The van der Waals surface area contributed by atoms with Crippen molar-refractivity contribution < 1.29 is 85.8 Å². The Bertz CT molecular complexity index is 4070. The molecule has 0 spiro atoms. The van der Waals surface area contributed by atoms with E-state index >= 15 is 0 Å². The van der Waals surface area contributed by atoms with E-state index in [0.717, 1.165) is 36.1 Å². The molecule has 0 saturated heterocycles. The highest BCUT2D eigenvalue weighted by Gasteiger charge is 2.34. The van der Waals surface area contributed by atoms with Crippen molar-refractivity contribution in [1.29, 1.82) is 0 Å². The van der Waals surface area contributed by atoms with Crippen molar-refractivity contribution in [1.82, 2.24) is 60.0 Å². The number of carbonyl (C=O) groups excluding carboxylic acids is 9. The van der Waals surface area contributed by atoms with Crippen LogP contribution in [0.5, 0.6) is 34.5 Å². The van der Waals surface area contributed by atoms with E-state index in [2.05, 4.69) is 71.7 Å². The fourth-order valence-electron chi connectivity index (χ4n) is 12.9. The minimum absolute atomic E-state index is 0.0259. The van der Waals surface area contributed by atoms with E-state index in [1.54, 1.807) is 96.7 Å². The van der Waals surface area contributed by atoms with Gasteiger partial charge < -0.3 is 73.3 Å². The first kappa shape index (κ1) is 96.7. The van der Waals surface area contributed by atoms with E-state index in [4.69, 9.17) is 43.7 Å². The van der Waals surface area contributed by atoms with E-state index in [1.165, 1.54) is 21.3 Å². The third-order valence-electron chi connectivity index (χ3n) is 20.2. The van der Waals surface area contributed by atoms with E-state index in [9.17, 15) is 43.2 Å². The van der Waals surface area contributed by atoms with Gasteiger partial charge in [-0.25, -0.2) is 0 Å². The lowest BCUT2D eigenvalue weighted by atomic mass is 9.99. The molecule has 30 nitrogen and oxygen atoms in total. The molecule has 3 heterocycles. The number of methoxy groups -OCH3 is 9. The lowest BCUT2D eigenvalue weighted by Crippen LogP contribution is -2.42. The average Bonchev–Trinajstić information content (AvgIpc) is 1.61. The second-order valence-corrected chi connectivity index (χ2v) is 30.1. The van der Waals surface area contributed by atoms with E-state index < -0.39 is 23.9 Å². The molecule has 636 valence electrons. The Morgan fingerprint density at radius 1 is 0.391 bits per heavy atom. The quantitative estimate of drug-likeness (QED) is 0.0237. The highest BCUT2D eigenvalue weighted by Crippen LogP contribution is 2.43. The molecule has 30 heteroatoms. The van der Waals surface area contributed by atoms with Gasteiger partial charge in [0.25, 0.3) is 17.7 Å². The predicted octanol–water partition coefficient (Wildman–Crippen LogP) is 11.9. The number of hydrogen-bond acceptors (Lipinski definition) is 21. The van der Waals surface area contributed by atoms with Crippen molar-refractivity contribution in [2.75, 3.05) is 105 Å². The molecule has 0 aliphatic heterocycles. The molecule has 3 aromatic carbocycles. The van der Waals surface area contributed by atoms with Crippen molar-refractivity contribution in [2.24, 2.45) is 35.5 Å². The highest BCUT2D eigenvalue weighted by atomic mass is 16.5. The number of carbonyl (C=O) groups is 9. The molecular formula is C85H128N12O18. The number of ether oxygens (including phenoxy) is 9. The molecule has 2 unspecified atom stereocenters. The Morgan fingerprint density at radius 2 is 0.670 bits per heavy atom. The summed E-state index contributed by atoms with van der Waals surface area (Å²) >= 11 is 0. The molecule has 0 aliphatic rings. The van der Waals surface area contributed by atoms with Gasteiger partial charge in [0.05, 0.1) is 104 Å². The minimum Gasteiger partial charge on any atom is -0.496 e. The number of nitrogens with one attached hydrogen (secondary N) is 3. The Hall–Kier alpha value is -10.7. The van der Waals surface area contributed by atoms with Crippen LogP contribution < -0.4 is 44.4 Å². The van der Waals surface area contributed by atoms with Gasteiger partial charge in [-0.1, -0.05) is 121 Å². The molecule has 0 saturated carbocycles. The topological polar surface area (TPSA) is 336 Å². The number of esters is 3. The summed E-state index contributed by atoms with van der Waals surface area (Å²) in [7, 11) is 18.4. The molecule has 3 aromatic heterocycles. The van der Waals surface area contributed by atoms with Gasteiger partial charge in [0.15, 0.2) is 17.1 Å². The molecule has 6 amide bonds.